The molecule has 5 heteroatoms. The van der Waals surface area contributed by atoms with Gasteiger partial charge in [-0.1, -0.05) is 0 Å². The highest BCUT2D eigenvalue weighted by atomic mass is 15.3. The quantitative estimate of drug-likeness (QED) is 0.625. The van der Waals surface area contributed by atoms with Crippen LogP contribution in [0.2, 0.25) is 0 Å². The Morgan fingerprint density at radius 1 is 1.55 bits per heavy atom. The predicted octanol–water partition coefficient (Wildman–Crippen LogP) is -0.110. The Kier molecular flexibility index (Phi) is 2.09. The van der Waals surface area contributed by atoms with Crippen molar-refractivity contribution in [2.75, 3.05) is 19.0 Å². The Labute approximate surface area is 65.6 Å². The van der Waals surface area contributed by atoms with Crippen LogP contribution in [-0.2, 0) is 0 Å². The van der Waals surface area contributed by atoms with Crippen molar-refractivity contribution in [1.29, 1.82) is 0 Å². The molecule has 0 aliphatic rings. The number of rotatable bonds is 2. The Bertz CT molecular complexity index is 204. The fraction of sp³-hybridized carbons (Fsp3) is 0.667. The van der Waals surface area contributed by atoms with Gasteiger partial charge in [-0.05, 0) is 6.92 Å². The van der Waals surface area contributed by atoms with Crippen LogP contribution >= 0.6 is 0 Å². The highest BCUT2D eigenvalue weighted by molar-refractivity contribution is 5.25. The van der Waals surface area contributed by atoms with E-state index in [4.69, 9.17) is 5.73 Å². The van der Waals surface area contributed by atoms with Crippen molar-refractivity contribution >= 4 is 5.95 Å². The van der Waals surface area contributed by atoms with E-state index in [1.807, 2.05) is 25.9 Å². The maximum atomic E-state index is 5.57. The topological polar surface area (TPSA) is 70.8 Å². The van der Waals surface area contributed by atoms with Crippen molar-refractivity contribution in [2.24, 2.45) is 5.73 Å². The zero-order valence-corrected chi connectivity index (χ0v) is 7.00. The fourth-order valence-electron chi connectivity index (χ4n) is 0.669. The van der Waals surface area contributed by atoms with Crippen LogP contribution in [0.4, 0.5) is 5.95 Å². The number of aromatic nitrogens is 3. The van der Waals surface area contributed by atoms with Crippen molar-refractivity contribution in [3.63, 3.8) is 0 Å². The van der Waals surface area contributed by atoms with Gasteiger partial charge >= 0.3 is 0 Å². The van der Waals surface area contributed by atoms with Crippen LogP contribution in [-0.4, -0.2) is 29.3 Å². The lowest BCUT2D eigenvalue weighted by molar-refractivity contribution is 0.745. The van der Waals surface area contributed by atoms with E-state index in [0.717, 1.165) is 0 Å². The van der Waals surface area contributed by atoms with Crippen molar-refractivity contribution < 1.29 is 0 Å². The molecule has 1 aromatic heterocycles. The Hall–Kier alpha value is -1.10. The van der Waals surface area contributed by atoms with Gasteiger partial charge in [0.15, 0.2) is 0 Å². The summed E-state index contributed by atoms with van der Waals surface area (Å²) in [5.41, 5.74) is 5.57. The summed E-state index contributed by atoms with van der Waals surface area (Å²) < 4.78 is 0. The standard InChI is InChI=1S/C6H13N5/c1-4(7)5-8-6(10-9-5)11(2)3/h4H,7H2,1-3H3,(H,8,9,10)/t4-/m1/s1. The van der Waals surface area contributed by atoms with Crippen LogP contribution in [0, 0.1) is 0 Å². The zero-order valence-electron chi connectivity index (χ0n) is 7.00. The van der Waals surface area contributed by atoms with E-state index < -0.39 is 0 Å². The first-order chi connectivity index (χ1) is 5.11. The monoisotopic (exact) mass is 155 g/mol. The van der Waals surface area contributed by atoms with Crippen LogP contribution in [0.15, 0.2) is 0 Å². The van der Waals surface area contributed by atoms with Gasteiger partial charge in [-0.3, -0.25) is 5.10 Å². The summed E-state index contributed by atoms with van der Waals surface area (Å²) >= 11 is 0. The molecule has 62 valence electrons. The molecule has 0 amide bonds. The first-order valence-electron chi connectivity index (χ1n) is 3.46. The van der Waals surface area contributed by atoms with E-state index in [1.54, 1.807) is 0 Å². The molecule has 0 bridgehead atoms. The normalized spacial score (nSPS) is 13.1. The molecule has 11 heavy (non-hydrogen) atoms. The van der Waals surface area contributed by atoms with Gasteiger partial charge in [0.25, 0.3) is 0 Å². The lowest BCUT2D eigenvalue weighted by Gasteiger charge is -2.03. The molecule has 1 heterocycles. The Morgan fingerprint density at radius 2 is 2.18 bits per heavy atom. The minimum Gasteiger partial charge on any atom is -0.346 e. The molecule has 0 radical (unpaired) electrons. The van der Waals surface area contributed by atoms with E-state index in [1.165, 1.54) is 0 Å². The van der Waals surface area contributed by atoms with Crippen LogP contribution in [0.25, 0.3) is 0 Å². The predicted molar refractivity (Wildman–Crippen MR) is 43.3 cm³/mol. The highest BCUT2D eigenvalue weighted by Crippen LogP contribution is 2.06. The third-order valence-corrected chi connectivity index (χ3v) is 1.32. The van der Waals surface area contributed by atoms with E-state index in [9.17, 15) is 0 Å². The summed E-state index contributed by atoms with van der Waals surface area (Å²) in [4.78, 5) is 5.97. The number of nitrogens with zero attached hydrogens (tertiary/aromatic N) is 3. The van der Waals surface area contributed by atoms with Crippen molar-refractivity contribution in [3.05, 3.63) is 5.82 Å². The van der Waals surface area contributed by atoms with Gasteiger partial charge in [0.2, 0.25) is 5.95 Å². The van der Waals surface area contributed by atoms with Crippen LogP contribution < -0.4 is 10.6 Å². The number of nitrogens with one attached hydrogen (secondary N) is 1. The van der Waals surface area contributed by atoms with E-state index >= 15 is 0 Å². The maximum Gasteiger partial charge on any atom is 0.244 e. The second-order valence-corrected chi connectivity index (χ2v) is 2.70. The van der Waals surface area contributed by atoms with Crippen LogP contribution in [0.1, 0.15) is 18.8 Å². The molecule has 0 fully saturated rings. The lowest BCUT2D eigenvalue weighted by atomic mass is 10.3. The number of hydrogen-bond acceptors (Lipinski definition) is 4. The van der Waals surface area contributed by atoms with Crippen molar-refractivity contribution in [3.8, 4) is 0 Å². The third kappa shape index (κ3) is 1.68. The number of anilines is 1. The number of nitrogens with two attached hydrogens (primary N) is 1. The molecular formula is C6H13N5. The number of aromatic amines is 1. The molecule has 0 saturated heterocycles. The van der Waals surface area contributed by atoms with Gasteiger partial charge in [0, 0.05) is 14.1 Å². The van der Waals surface area contributed by atoms with Crippen LogP contribution in [0.3, 0.4) is 0 Å². The molecule has 0 aliphatic carbocycles. The van der Waals surface area contributed by atoms with Crippen LogP contribution in [0.5, 0.6) is 0 Å². The number of H-pyrrole nitrogens is 1. The molecular weight excluding hydrogens is 142 g/mol. The van der Waals surface area contributed by atoms with E-state index in [2.05, 4.69) is 15.2 Å². The molecule has 0 aromatic carbocycles. The summed E-state index contributed by atoms with van der Waals surface area (Å²) in [6.45, 7) is 1.86. The molecule has 0 unspecified atom stereocenters. The lowest BCUT2D eigenvalue weighted by Crippen LogP contribution is -2.11. The fourth-order valence-corrected chi connectivity index (χ4v) is 0.669. The summed E-state index contributed by atoms with van der Waals surface area (Å²) in [5.74, 6) is 1.38. The minimum atomic E-state index is -0.0869. The van der Waals surface area contributed by atoms with Crippen molar-refractivity contribution in [2.45, 2.75) is 13.0 Å². The average molecular weight is 155 g/mol. The largest absolute Gasteiger partial charge is 0.346 e. The van der Waals surface area contributed by atoms with Gasteiger partial charge in [-0.2, -0.15) is 4.98 Å². The Morgan fingerprint density at radius 3 is 2.45 bits per heavy atom. The highest BCUT2D eigenvalue weighted by Gasteiger charge is 2.06. The van der Waals surface area contributed by atoms with Gasteiger partial charge in [-0.15, -0.1) is 5.10 Å². The molecule has 1 aromatic rings. The number of hydrogen-bond donors (Lipinski definition) is 2. The second kappa shape index (κ2) is 2.87. The molecule has 0 aliphatic heterocycles. The molecule has 0 saturated carbocycles. The zero-order chi connectivity index (χ0) is 8.43. The summed E-state index contributed by atoms with van der Waals surface area (Å²) in [6.07, 6.45) is 0. The summed E-state index contributed by atoms with van der Waals surface area (Å²) in [5, 5.41) is 6.71. The smallest absolute Gasteiger partial charge is 0.244 e. The minimum absolute atomic E-state index is 0.0869. The first-order valence-corrected chi connectivity index (χ1v) is 3.46. The second-order valence-electron chi connectivity index (χ2n) is 2.70. The van der Waals surface area contributed by atoms with Gasteiger partial charge in [0.1, 0.15) is 5.82 Å². The third-order valence-electron chi connectivity index (χ3n) is 1.32. The van der Waals surface area contributed by atoms with E-state index in [0.29, 0.717) is 11.8 Å². The SMILES string of the molecule is C[C@@H](N)c1nc(N(C)C)n[nH]1. The van der Waals surface area contributed by atoms with E-state index in [-0.39, 0.29) is 6.04 Å². The van der Waals surface area contributed by atoms with Gasteiger partial charge in [0.05, 0.1) is 6.04 Å². The summed E-state index contributed by atoms with van der Waals surface area (Å²) in [6, 6.07) is -0.0869. The average Bonchev–Trinajstić information content (AvgIpc) is 2.33. The maximum absolute atomic E-state index is 5.57. The molecule has 3 N–H and O–H groups in total. The summed E-state index contributed by atoms with van der Waals surface area (Å²) in [7, 11) is 3.77. The van der Waals surface area contributed by atoms with Gasteiger partial charge < -0.3 is 10.6 Å². The Balaban J connectivity index is 2.82. The van der Waals surface area contributed by atoms with Crippen molar-refractivity contribution in [1.82, 2.24) is 15.2 Å². The van der Waals surface area contributed by atoms with Gasteiger partial charge in [-0.25, -0.2) is 0 Å². The molecule has 0 spiro atoms. The molecule has 5 nitrogen and oxygen atoms in total. The molecule has 1 atom stereocenters. The first kappa shape index (κ1) is 8.00. The molecule has 1 rings (SSSR count).